The Kier molecular flexibility index (Phi) is 4.90. The largest absolute Gasteiger partial charge is 0.417 e. The number of aryl methyl sites for hydroxylation is 2. The molecule has 0 atom stereocenters. The molecule has 0 bridgehead atoms. The number of rotatable bonds is 2. The van der Waals surface area contributed by atoms with Gasteiger partial charge in [-0.3, -0.25) is 8.80 Å². The Hall–Kier alpha value is -4.00. The highest BCUT2D eigenvalue weighted by Gasteiger charge is 2.28. The van der Waals surface area contributed by atoms with Gasteiger partial charge >= 0.3 is 0 Å². The number of hydrogen-bond donors (Lipinski definition) is 0. The smallest absolute Gasteiger partial charge is 0.243 e. The minimum absolute atomic E-state index is 0.184. The van der Waals surface area contributed by atoms with Crippen molar-refractivity contribution < 1.29 is 4.74 Å². The minimum Gasteiger partial charge on any atom is -0.417 e. The maximum atomic E-state index is 6.52. The Labute approximate surface area is 216 Å². The zero-order valence-corrected chi connectivity index (χ0v) is 22.7. The van der Waals surface area contributed by atoms with E-state index < -0.39 is 0 Å². The van der Waals surface area contributed by atoms with Gasteiger partial charge in [0.25, 0.3) is 0 Å². The Bertz CT molecular complexity index is 1710. The molecule has 0 saturated carbocycles. The molecule has 7 heteroatoms. The molecule has 0 radical (unpaired) electrons. The van der Waals surface area contributed by atoms with Crippen LogP contribution in [0.5, 0.6) is 11.8 Å². The standard InChI is InChI=1S/C30H32N6O/c1-17-25(33-23-19-13-9-11-15-21(19)31-27(35(17)23)29(3,4)5)37-26-18(2)36-24(34-26)20-14-10-12-16-22(20)32-28(36)30(6,7)8/h9-16H,1-8H3. The van der Waals surface area contributed by atoms with Crippen LogP contribution in [0.1, 0.15) is 64.6 Å². The van der Waals surface area contributed by atoms with Crippen LogP contribution in [0.2, 0.25) is 0 Å². The van der Waals surface area contributed by atoms with Gasteiger partial charge in [0.15, 0.2) is 11.3 Å². The number of nitrogens with zero attached hydrogens (tertiary/aromatic N) is 6. The number of aromatic nitrogens is 6. The average Bonchev–Trinajstić information content (AvgIpc) is 3.34. The van der Waals surface area contributed by atoms with Crippen molar-refractivity contribution in [3.63, 3.8) is 0 Å². The van der Waals surface area contributed by atoms with Gasteiger partial charge in [0.05, 0.1) is 22.4 Å². The van der Waals surface area contributed by atoms with E-state index in [2.05, 4.69) is 62.5 Å². The van der Waals surface area contributed by atoms with Gasteiger partial charge in [-0.2, -0.15) is 9.97 Å². The fourth-order valence-electron chi connectivity index (χ4n) is 4.98. The van der Waals surface area contributed by atoms with Crippen molar-refractivity contribution in [3.8, 4) is 11.8 Å². The molecule has 0 unspecified atom stereocenters. The summed E-state index contributed by atoms with van der Waals surface area (Å²) in [5.41, 5.74) is 4.95. The lowest BCUT2D eigenvalue weighted by Gasteiger charge is -2.21. The highest BCUT2D eigenvalue weighted by Crippen LogP contribution is 2.36. The maximum Gasteiger partial charge on any atom is 0.243 e. The molecule has 4 heterocycles. The van der Waals surface area contributed by atoms with Gasteiger partial charge in [-0.05, 0) is 38.1 Å². The molecule has 4 aromatic heterocycles. The fraction of sp³-hybridized carbons (Fsp3) is 0.333. The van der Waals surface area contributed by atoms with Crippen LogP contribution in [0.3, 0.4) is 0 Å². The summed E-state index contributed by atoms with van der Waals surface area (Å²) >= 11 is 0. The summed E-state index contributed by atoms with van der Waals surface area (Å²) in [6.07, 6.45) is 0. The molecule has 6 rings (SSSR count). The second-order valence-electron chi connectivity index (χ2n) is 11.8. The Morgan fingerprint density at radius 1 is 0.568 bits per heavy atom. The van der Waals surface area contributed by atoms with E-state index >= 15 is 0 Å². The first-order valence-corrected chi connectivity index (χ1v) is 12.7. The summed E-state index contributed by atoms with van der Waals surface area (Å²) in [5.74, 6) is 2.95. The number of imidazole rings is 2. The van der Waals surface area contributed by atoms with Gasteiger partial charge in [0, 0.05) is 21.6 Å². The van der Waals surface area contributed by atoms with Gasteiger partial charge in [-0.15, -0.1) is 0 Å². The van der Waals surface area contributed by atoms with Crippen LogP contribution in [0.15, 0.2) is 48.5 Å². The monoisotopic (exact) mass is 492 g/mol. The Morgan fingerprint density at radius 3 is 1.32 bits per heavy atom. The SMILES string of the molecule is Cc1c(Oc2nc3c4ccccc4nc(C(C)(C)C)n3c2C)nc2c3ccccc3nc(C(C)(C)C)n12. The van der Waals surface area contributed by atoms with E-state index in [9.17, 15) is 0 Å². The van der Waals surface area contributed by atoms with Crippen LogP contribution in [-0.2, 0) is 10.8 Å². The summed E-state index contributed by atoms with van der Waals surface area (Å²) in [6, 6.07) is 16.2. The zero-order valence-electron chi connectivity index (χ0n) is 22.7. The predicted molar refractivity (Wildman–Crippen MR) is 148 cm³/mol. The van der Waals surface area contributed by atoms with Crippen molar-refractivity contribution in [1.82, 2.24) is 28.7 Å². The van der Waals surface area contributed by atoms with E-state index in [1.54, 1.807) is 0 Å². The number of para-hydroxylation sites is 2. The van der Waals surface area contributed by atoms with Crippen LogP contribution in [-0.4, -0.2) is 28.7 Å². The summed E-state index contributed by atoms with van der Waals surface area (Å²) < 4.78 is 10.8. The third kappa shape index (κ3) is 3.56. The highest BCUT2D eigenvalue weighted by atomic mass is 16.5. The van der Waals surface area contributed by atoms with Crippen molar-refractivity contribution in [1.29, 1.82) is 0 Å². The molecule has 6 aromatic rings. The molecule has 0 spiro atoms. The van der Waals surface area contributed by atoms with Crippen LogP contribution in [0.4, 0.5) is 0 Å². The van der Waals surface area contributed by atoms with E-state index in [-0.39, 0.29) is 10.8 Å². The third-order valence-electron chi connectivity index (χ3n) is 6.83. The Morgan fingerprint density at radius 2 is 0.946 bits per heavy atom. The second kappa shape index (κ2) is 7.75. The number of hydrogen-bond acceptors (Lipinski definition) is 5. The van der Waals surface area contributed by atoms with Crippen LogP contribution >= 0.6 is 0 Å². The summed E-state index contributed by atoms with van der Waals surface area (Å²) in [5, 5.41) is 1.98. The molecule has 0 aliphatic heterocycles. The Balaban J connectivity index is 1.61. The van der Waals surface area contributed by atoms with Crippen molar-refractivity contribution in [2.45, 2.75) is 66.2 Å². The molecule has 37 heavy (non-hydrogen) atoms. The van der Waals surface area contributed by atoms with E-state index in [4.69, 9.17) is 24.7 Å². The quantitative estimate of drug-likeness (QED) is 0.258. The first-order chi connectivity index (χ1) is 17.4. The fourth-order valence-corrected chi connectivity index (χ4v) is 4.98. The molecule has 2 aromatic carbocycles. The molecular formula is C30H32N6O. The first-order valence-electron chi connectivity index (χ1n) is 12.7. The normalized spacial score (nSPS) is 12.9. The van der Waals surface area contributed by atoms with Gasteiger partial charge < -0.3 is 4.74 Å². The lowest BCUT2D eigenvalue weighted by Crippen LogP contribution is -2.19. The van der Waals surface area contributed by atoms with E-state index in [0.717, 1.165) is 56.1 Å². The molecule has 0 N–H and O–H groups in total. The van der Waals surface area contributed by atoms with Crippen molar-refractivity contribution in [2.24, 2.45) is 0 Å². The molecule has 0 amide bonds. The van der Waals surface area contributed by atoms with Crippen molar-refractivity contribution in [2.75, 3.05) is 0 Å². The number of fused-ring (bicyclic) bond motifs is 6. The molecule has 0 aliphatic rings. The third-order valence-corrected chi connectivity index (χ3v) is 6.83. The zero-order chi connectivity index (χ0) is 26.3. The van der Waals surface area contributed by atoms with Gasteiger partial charge in [-0.1, -0.05) is 65.8 Å². The van der Waals surface area contributed by atoms with Gasteiger partial charge in [0.1, 0.15) is 11.6 Å². The summed E-state index contributed by atoms with van der Waals surface area (Å²) in [7, 11) is 0. The molecule has 0 saturated heterocycles. The lowest BCUT2D eigenvalue weighted by atomic mass is 9.95. The second-order valence-corrected chi connectivity index (χ2v) is 11.8. The molecule has 0 aliphatic carbocycles. The molecule has 0 fully saturated rings. The number of ether oxygens (including phenoxy) is 1. The van der Waals surface area contributed by atoms with Crippen molar-refractivity contribution >= 4 is 33.1 Å². The van der Waals surface area contributed by atoms with E-state index in [1.165, 1.54) is 0 Å². The summed E-state index contributed by atoms with van der Waals surface area (Å²) in [4.78, 5) is 20.0. The molecule has 7 nitrogen and oxygen atoms in total. The van der Waals surface area contributed by atoms with Gasteiger partial charge in [-0.25, -0.2) is 9.97 Å². The lowest BCUT2D eigenvalue weighted by molar-refractivity contribution is 0.441. The van der Waals surface area contributed by atoms with Gasteiger partial charge in [0.2, 0.25) is 11.8 Å². The predicted octanol–water partition coefficient (Wildman–Crippen LogP) is 7.08. The van der Waals surface area contributed by atoms with Crippen LogP contribution < -0.4 is 4.74 Å². The highest BCUT2D eigenvalue weighted by molar-refractivity contribution is 5.93. The average molecular weight is 493 g/mol. The topological polar surface area (TPSA) is 69.6 Å². The van der Waals surface area contributed by atoms with Crippen LogP contribution in [0, 0.1) is 13.8 Å². The minimum atomic E-state index is -0.184. The van der Waals surface area contributed by atoms with E-state index in [0.29, 0.717) is 11.8 Å². The number of benzene rings is 2. The van der Waals surface area contributed by atoms with Crippen LogP contribution in [0.25, 0.3) is 33.1 Å². The summed E-state index contributed by atoms with van der Waals surface area (Å²) in [6.45, 7) is 17.1. The first kappa shape index (κ1) is 23.4. The molecular weight excluding hydrogens is 460 g/mol. The molecule has 188 valence electrons. The van der Waals surface area contributed by atoms with E-state index in [1.807, 2.05) is 50.2 Å². The maximum absolute atomic E-state index is 6.52. The van der Waals surface area contributed by atoms with Crippen molar-refractivity contribution in [3.05, 3.63) is 71.6 Å².